The molecule has 35 heavy (non-hydrogen) atoms. The van der Waals surface area contributed by atoms with Crippen LogP contribution in [-0.2, 0) is 10.0 Å². The van der Waals surface area contributed by atoms with Crippen molar-refractivity contribution in [1.82, 2.24) is 14.8 Å². The number of nitrogens with zero attached hydrogens (tertiary/aromatic N) is 3. The number of carbonyl (C=O) groups is 1. The van der Waals surface area contributed by atoms with Crippen LogP contribution in [0.25, 0.3) is 22.1 Å². The lowest BCUT2D eigenvalue weighted by Crippen LogP contribution is -2.50. The third kappa shape index (κ3) is 3.60. The average Bonchev–Trinajstić information content (AvgIpc) is 3.35. The van der Waals surface area contributed by atoms with Crippen LogP contribution in [0.15, 0.2) is 28.8 Å². The van der Waals surface area contributed by atoms with Crippen molar-refractivity contribution in [3.05, 3.63) is 47.5 Å². The summed E-state index contributed by atoms with van der Waals surface area (Å²) in [5.41, 5.74) is -1.92. The second-order valence-electron chi connectivity index (χ2n) is 8.22. The minimum atomic E-state index is -4.01. The molecule has 2 atom stereocenters. The minimum absolute atomic E-state index is 0.220. The second-order valence-corrected chi connectivity index (χ2v) is 10.0. The molecular weight excluding hydrogens is 506 g/mol. The van der Waals surface area contributed by atoms with E-state index >= 15 is 0 Å². The molecule has 15 heteroatoms. The standard InChI is InChI=1S/C20H14F6N4O4S/c1-35(32,33)28-13-6-29-14(20(13,25)26)7-30(19(29)31)18-17-12(34-27-18)3-2-9(22)16(17)15-10(23)4-8(21)5-11(15)24/h2-5,13-14,28H,6-7H2,1H3/t13-,14-/m1/s1. The van der Waals surface area contributed by atoms with Gasteiger partial charge in [0, 0.05) is 24.2 Å². The van der Waals surface area contributed by atoms with Gasteiger partial charge in [-0.05, 0) is 12.1 Å². The highest BCUT2D eigenvalue weighted by Gasteiger charge is 2.63. The van der Waals surface area contributed by atoms with Crippen LogP contribution in [0.1, 0.15) is 0 Å². The van der Waals surface area contributed by atoms with Crippen LogP contribution in [0.2, 0.25) is 0 Å². The number of hydrogen-bond donors (Lipinski definition) is 1. The van der Waals surface area contributed by atoms with E-state index in [9.17, 15) is 39.6 Å². The van der Waals surface area contributed by atoms with Crippen LogP contribution >= 0.6 is 0 Å². The van der Waals surface area contributed by atoms with Crippen molar-refractivity contribution in [1.29, 1.82) is 0 Å². The predicted octanol–water partition coefficient (Wildman–Crippen LogP) is 3.23. The molecule has 2 fully saturated rings. The van der Waals surface area contributed by atoms with E-state index in [1.165, 1.54) is 0 Å². The molecule has 0 saturated carbocycles. The van der Waals surface area contributed by atoms with E-state index in [0.29, 0.717) is 18.4 Å². The highest BCUT2D eigenvalue weighted by Crippen LogP contribution is 2.44. The van der Waals surface area contributed by atoms with Crippen LogP contribution in [-0.4, -0.2) is 61.9 Å². The molecule has 1 N–H and O–H groups in total. The summed E-state index contributed by atoms with van der Waals surface area (Å²) in [6, 6.07) is -2.15. The lowest BCUT2D eigenvalue weighted by atomic mass is 9.99. The predicted molar refractivity (Wildman–Crippen MR) is 109 cm³/mol. The Bertz CT molecular complexity index is 1470. The van der Waals surface area contributed by atoms with Crippen LogP contribution in [0.5, 0.6) is 0 Å². The molecule has 8 nitrogen and oxygen atoms in total. The molecule has 0 bridgehead atoms. The molecule has 2 amide bonds. The molecule has 2 aliphatic rings. The zero-order chi connectivity index (χ0) is 25.4. The Morgan fingerprint density at radius 2 is 1.71 bits per heavy atom. The van der Waals surface area contributed by atoms with Crippen LogP contribution < -0.4 is 9.62 Å². The van der Waals surface area contributed by atoms with Gasteiger partial charge in [0.25, 0.3) is 5.92 Å². The van der Waals surface area contributed by atoms with E-state index in [4.69, 9.17) is 4.52 Å². The van der Waals surface area contributed by atoms with Gasteiger partial charge in [-0.15, -0.1) is 0 Å². The normalized spacial score (nSPS) is 21.9. The third-order valence-corrected chi connectivity index (χ3v) is 6.65. The summed E-state index contributed by atoms with van der Waals surface area (Å²) in [7, 11) is -4.01. The molecule has 2 aromatic carbocycles. The minimum Gasteiger partial charge on any atom is -0.354 e. The number of carbonyl (C=O) groups excluding carboxylic acids is 1. The van der Waals surface area contributed by atoms with Gasteiger partial charge < -0.3 is 9.42 Å². The number of hydrogen-bond acceptors (Lipinski definition) is 5. The van der Waals surface area contributed by atoms with E-state index in [2.05, 4.69) is 5.16 Å². The van der Waals surface area contributed by atoms with Crippen molar-refractivity contribution in [3.8, 4) is 11.1 Å². The first kappa shape index (κ1) is 23.4. The SMILES string of the molecule is CS(=O)(=O)N[C@@H]1CN2C(=O)N(c3noc4ccc(F)c(-c5c(F)cc(F)cc5F)c34)C[C@@H]2C1(F)F. The summed E-state index contributed by atoms with van der Waals surface area (Å²) in [5.74, 6) is -9.49. The van der Waals surface area contributed by atoms with Crippen molar-refractivity contribution in [2.75, 3.05) is 24.2 Å². The number of nitrogens with one attached hydrogen (secondary N) is 1. The Hall–Kier alpha value is -3.33. The van der Waals surface area contributed by atoms with E-state index in [0.717, 1.165) is 21.9 Å². The Labute approximate surface area is 193 Å². The van der Waals surface area contributed by atoms with Gasteiger partial charge in [-0.2, -0.15) is 0 Å². The van der Waals surface area contributed by atoms with Gasteiger partial charge in [0.2, 0.25) is 10.0 Å². The molecule has 3 heterocycles. The first-order valence-electron chi connectivity index (χ1n) is 9.95. The zero-order valence-electron chi connectivity index (χ0n) is 17.5. The van der Waals surface area contributed by atoms with Crippen molar-refractivity contribution in [3.63, 3.8) is 0 Å². The number of rotatable bonds is 4. The van der Waals surface area contributed by atoms with E-state index in [1.807, 2.05) is 0 Å². The maximum Gasteiger partial charge on any atom is 0.326 e. The summed E-state index contributed by atoms with van der Waals surface area (Å²) in [5, 5.41) is 3.26. The Morgan fingerprint density at radius 3 is 2.31 bits per heavy atom. The largest absolute Gasteiger partial charge is 0.354 e. The van der Waals surface area contributed by atoms with Crippen LogP contribution in [0.3, 0.4) is 0 Å². The maximum atomic E-state index is 15.0. The molecule has 0 unspecified atom stereocenters. The fourth-order valence-electron chi connectivity index (χ4n) is 4.48. The number of aromatic nitrogens is 1. The van der Waals surface area contributed by atoms with Crippen molar-refractivity contribution >= 4 is 32.8 Å². The quantitative estimate of drug-likeness (QED) is 0.533. The summed E-state index contributed by atoms with van der Waals surface area (Å²) in [6.45, 7) is -1.38. The van der Waals surface area contributed by atoms with Gasteiger partial charge in [-0.25, -0.2) is 44.3 Å². The Balaban J connectivity index is 1.61. The third-order valence-electron chi connectivity index (χ3n) is 5.94. The number of fused-ring (bicyclic) bond motifs is 2. The van der Waals surface area contributed by atoms with Gasteiger partial charge in [0.15, 0.2) is 11.4 Å². The fraction of sp³-hybridized carbons (Fsp3) is 0.300. The lowest BCUT2D eigenvalue weighted by Gasteiger charge is -2.23. The van der Waals surface area contributed by atoms with Gasteiger partial charge in [0.05, 0.1) is 23.8 Å². The van der Waals surface area contributed by atoms with Crippen molar-refractivity contribution < 1.29 is 44.1 Å². The van der Waals surface area contributed by atoms with E-state index < -0.39 is 92.8 Å². The number of alkyl halides is 2. The zero-order valence-corrected chi connectivity index (χ0v) is 18.3. The lowest BCUT2D eigenvalue weighted by molar-refractivity contribution is -0.0324. The fourth-order valence-corrected chi connectivity index (χ4v) is 5.23. The van der Waals surface area contributed by atoms with Crippen LogP contribution in [0, 0.1) is 23.3 Å². The van der Waals surface area contributed by atoms with Gasteiger partial charge in [-0.3, -0.25) is 4.90 Å². The number of benzene rings is 2. The van der Waals surface area contributed by atoms with E-state index in [-0.39, 0.29) is 5.58 Å². The summed E-state index contributed by atoms with van der Waals surface area (Å²) in [6.07, 6.45) is 0.700. The average molecular weight is 520 g/mol. The second kappa shape index (κ2) is 7.58. The number of halogens is 6. The van der Waals surface area contributed by atoms with Gasteiger partial charge in [-0.1, -0.05) is 5.16 Å². The summed E-state index contributed by atoms with van der Waals surface area (Å²) >= 11 is 0. The number of urea groups is 1. The van der Waals surface area contributed by atoms with Crippen LogP contribution in [0.4, 0.5) is 37.0 Å². The molecule has 1 aromatic heterocycles. The van der Waals surface area contributed by atoms with Gasteiger partial charge >= 0.3 is 6.03 Å². The molecule has 0 spiro atoms. The maximum absolute atomic E-state index is 15.0. The smallest absolute Gasteiger partial charge is 0.326 e. The van der Waals surface area contributed by atoms with Crippen molar-refractivity contribution in [2.45, 2.75) is 18.0 Å². The molecule has 0 radical (unpaired) electrons. The Morgan fingerprint density at radius 1 is 1.06 bits per heavy atom. The molecule has 186 valence electrons. The van der Waals surface area contributed by atoms with Gasteiger partial charge in [0.1, 0.15) is 35.4 Å². The summed E-state index contributed by atoms with van der Waals surface area (Å²) in [4.78, 5) is 14.5. The number of amides is 2. The Kier molecular flexibility index (Phi) is 5.07. The highest BCUT2D eigenvalue weighted by atomic mass is 32.2. The first-order valence-corrected chi connectivity index (χ1v) is 11.8. The molecular formula is C20H14F6N4O4S. The van der Waals surface area contributed by atoms with E-state index in [1.54, 1.807) is 4.72 Å². The number of sulfonamides is 1. The molecule has 0 aliphatic carbocycles. The number of anilines is 1. The molecule has 3 aromatic rings. The van der Waals surface area contributed by atoms with Crippen molar-refractivity contribution in [2.24, 2.45) is 0 Å². The molecule has 2 aliphatic heterocycles. The topological polar surface area (TPSA) is 95.8 Å². The monoisotopic (exact) mass is 520 g/mol. The highest BCUT2D eigenvalue weighted by molar-refractivity contribution is 7.88. The first-order chi connectivity index (χ1) is 16.3. The summed E-state index contributed by atoms with van der Waals surface area (Å²) < 4.78 is 117. The molecule has 5 rings (SSSR count). The molecule has 2 saturated heterocycles.